The molecule has 0 aliphatic carbocycles. The molecule has 0 aromatic heterocycles. The number of ether oxygens (including phenoxy) is 1. The molecule has 1 amide bonds. The van der Waals surface area contributed by atoms with Gasteiger partial charge in [0.1, 0.15) is 11.9 Å². The van der Waals surface area contributed by atoms with E-state index in [0.717, 1.165) is 30.2 Å². The largest absolute Gasteiger partial charge is 0.488 e. The van der Waals surface area contributed by atoms with Crippen molar-refractivity contribution in [2.24, 2.45) is 0 Å². The van der Waals surface area contributed by atoms with Crippen molar-refractivity contribution >= 4 is 17.7 Å². The third-order valence-electron chi connectivity index (χ3n) is 3.46. The van der Waals surface area contributed by atoms with Gasteiger partial charge in [0.2, 0.25) is 5.91 Å². The molecule has 0 bridgehead atoms. The Kier molecular flexibility index (Phi) is 3.94. The van der Waals surface area contributed by atoms with Crippen molar-refractivity contribution in [1.82, 2.24) is 10.6 Å². The summed E-state index contributed by atoms with van der Waals surface area (Å²) in [7, 11) is 0. The van der Waals surface area contributed by atoms with Crippen molar-refractivity contribution in [3.63, 3.8) is 0 Å². The van der Waals surface area contributed by atoms with Gasteiger partial charge in [-0.3, -0.25) is 4.79 Å². The molecule has 102 valence electrons. The fourth-order valence-electron chi connectivity index (χ4n) is 2.44. The van der Waals surface area contributed by atoms with Crippen LogP contribution in [0.4, 0.5) is 0 Å². The molecule has 0 saturated carbocycles. The van der Waals surface area contributed by atoms with Gasteiger partial charge < -0.3 is 15.4 Å². The van der Waals surface area contributed by atoms with Crippen LogP contribution in [0.25, 0.3) is 0 Å². The Morgan fingerprint density at radius 2 is 2.37 bits per heavy atom. The highest BCUT2D eigenvalue weighted by Gasteiger charge is 2.25. The number of hydrogen-bond donors (Lipinski definition) is 2. The van der Waals surface area contributed by atoms with E-state index in [1.54, 1.807) is 0 Å². The summed E-state index contributed by atoms with van der Waals surface area (Å²) >= 11 is 1.82. The molecule has 5 heteroatoms. The summed E-state index contributed by atoms with van der Waals surface area (Å²) in [5.41, 5.74) is 1.23. The summed E-state index contributed by atoms with van der Waals surface area (Å²) in [5.74, 6) is 2.99. The summed E-state index contributed by atoms with van der Waals surface area (Å²) in [6, 6.07) is 8.00. The number of carbonyl (C=O) groups is 1. The van der Waals surface area contributed by atoms with Crippen LogP contribution < -0.4 is 15.4 Å². The van der Waals surface area contributed by atoms with Crippen LogP contribution >= 0.6 is 11.8 Å². The molecular formula is C14H18N2O2S. The zero-order chi connectivity index (χ0) is 13.1. The first-order chi connectivity index (χ1) is 9.33. The first-order valence-corrected chi connectivity index (χ1v) is 7.82. The molecule has 2 aliphatic heterocycles. The zero-order valence-electron chi connectivity index (χ0n) is 10.7. The lowest BCUT2D eigenvalue weighted by Crippen LogP contribution is -2.50. The number of rotatable bonds is 3. The van der Waals surface area contributed by atoms with Crippen molar-refractivity contribution in [1.29, 1.82) is 0 Å². The minimum atomic E-state index is -0.0532. The van der Waals surface area contributed by atoms with Gasteiger partial charge in [0.05, 0.1) is 12.6 Å². The highest BCUT2D eigenvalue weighted by atomic mass is 32.2. The third-order valence-corrected chi connectivity index (χ3v) is 4.52. The van der Waals surface area contributed by atoms with Gasteiger partial charge in [-0.2, -0.15) is 11.8 Å². The van der Waals surface area contributed by atoms with Gasteiger partial charge in [-0.05, 0) is 11.6 Å². The van der Waals surface area contributed by atoms with Crippen LogP contribution in [0.15, 0.2) is 24.3 Å². The Labute approximate surface area is 117 Å². The van der Waals surface area contributed by atoms with Crippen molar-refractivity contribution < 1.29 is 9.53 Å². The molecule has 1 aromatic carbocycles. The Balaban J connectivity index is 1.47. The van der Waals surface area contributed by atoms with E-state index in [1.165, 1.54) is 5.56 Å². The van der Waals surface area contributed by atoms with Crippen molar-refractivity contribution in [3.8, 4) is 5.75 Å². The van der Waals surface area contributed by atoms with Gasteiger partial charge >= 0.3 is 0 Å². The highest BCUT2D eigenvalue weighted by Crippen LogP contribution is 2.27. The van der Waals surface area contributed by atoms with E-state index in [-0.39, 0.29) is 18.1 Å². The van der Waals surface area contributed by atoms with Crippen LogP contribution in [-0.2, 0) is 11.2 Å². The summed E-state index contributed by atoms with van der Waals surface area (Å²) in [6.07, 6.45) is 0.945. The normalized spacial score (nSPS) is 25.5. The minimum Gasteiger partial charge on any atom is -0.488 e. The zero-order valence-corrected chi connectivity index (χ0v) is 11.5. The summed E-state index contributed by atoms with van der Waals surface area (Å²) in [5, 5.41) is 6.23. The first-order valence-electron chi connectivity index (χ1n) is 6.66. The molecule has 0 spiro atoms. The molecule has 19 heavy (non-hydrogen) atoms. The second kappa shape index (κ2) is 5.84. The van der Waals surface area contributed by atoms with Crippen LogP contribution in [0.2, 0.25) is 0 Å². The maximum Gasteiger partial charge on any atom is 0.238 e. The van der Waals surface area contributed by atoms with Crippen molar-refractivity contribution in [3.05, 3.63) is 29.8 Å². The quantitative estimate of drug-likeness (QED) is 0.859. The Morgan fingerprint density at radius 3 is 3.16 bits per heavy atom. The maximum absolute atomic E-state index is 12.0. The smallest absolute Gasteiger partial charge is 0.238 e. The van der Waals surface area contributed by atoms with Crippen LogP contribution in [-0.4, -0.2) is 42.6 Å². The number of carbonyl (C=O) groups excluding carboxylic acids is 1. The summed E-state index contributed by atoms with van der Waals surface area (Å²) in [6.45, 7) is 1.49. The van der Waals surface area contributed by atoms with E-state index < -0.39 is 0 Å². The monoisotopic (exact) mass is 278 g/mol. The van der Waals surface area contributed by atoms with Gasteiger partial charge in [-0.25, -0.2) is 0 Å². The average Bonchev–Trinajstić information content (AvgIpc) is 2.88. The lowest BCUT2D eigenvalue weighted by atomic mass is 10.1. The number of para-hydroxylation sites is 1. The standard InChI is InChI=1S/C14H18N2O2S/c17-14(12-9-19-6-5-15-12)16-8-11-7-10-3-1-2-4-13(10)18-11/h1-4,11-12,15H,5-9H2,(H,16,17). The fraction of sp³-hybridized carbons (Fsp3) is 0.500. The highest BCUT2D eigenvalue weighted by molar-refractivity contribution is 7.99. The van der Waals surface area contributed by atoms with E-state index in [0.29, 0.717) is 6.54 Å². The predicted molar refractivity (Wildman–Crippen MR) is 76.7 cm³/mol. The van der Waals surface area contributed by atoms with Gasteiger partial charge in [-0.15, -0.1) is 0 Å². The molecule has 2 N–H and O–H groups in total. The minimum absolute atomic E-state index is 0.0532. The molecule has 2 heterocycles. The van der Waals surface area contributed by atoms with Crippen LogP contribution in [0, 0.1) is 0 Å². The molecule has 2 unspecified atom stereocenters. The van der Waals surface area contributed by atoms with Crippen molar-refractivity contribution in [2.75, 3.05) is 24.6 Å². The third kappa shape index (κ3) is 3.04. The number of thioether (sulfide) groups is 1. The second-order valence-electron chi connectivity index (χ2n) is 4.88. The number of amides is 1. The SMILES string of the molecule is O=C(NCC1Cc2ccccc2O1)C1CSCCN1. The Bertz CT molecular complexity index is 436. The lowest BCUT2D eigenvalue weighted by Gasteiger charge is -2.23. The molecule has 4 nitrogen and oxygen atoms in total. The molecule has 2 aliphatic rings. The summed E-state index contributed by atoms with van der Waals surface area (Å²) < 4.78 is 5.80. The summed E-state index contributed by atoms with van der Waals surface area (Å²) in [4.78, 5) is 12.0. The molecule has 1 aromatic rings. The Morgan fingerprint density at radius 1 is 1.47 bits per heavy atom. The molecule has 1 saturated heterocycles. The molecule has 3 rings (SSSR count). The Hall–Kier alpha value is -1.20. The molecular weight excluding hydrogens is 260 g/mol. The van der Waals surface area contributed by atoms with Crippen molar-refractivity contribution in [2.45, 2.75) is 18.6 Å². The average molecular weight is 278 g/mol. The van der Waals surface area contributed by atoms with Gasteiger partial charge in [0.25, 0.3) is 0 Å². The predicted octanol–water partition coefficient (Wildman–Crippen LogP) is 0.811. The number of hydrogen-bond acceptors (Lipinski definition) is 4. The van der Waals surface area contributed by atoms with Crippen LogP contribution in [0.3, 0.4) is 0 Å². The van der Waals surface area contributed by atoms with Gasteiger partial charge in [0, 0.05) is 24.5 Å². The molecule has 1 fully saturated rings. The van der Waals surface area contributed by atoms with E-state index in [2.05, 4.69) is 16.7 Å². The van der Waals surface area contributed by atoms with Crippen LogP contribution in [0.5, 0.6) is 5.75 Å². The number of nitrogens with one attached hydrogen (secondary N) is 2. The lowest BCUT2D eigenvalue weighted by molar-refractivity contribution is -0.123. The van der Waals surface area contributed by atoms with E-state index in [1.807, 2.05) is 30.0 Å². The molecule has 2 atom stereocenters. The van der Waals surface area contributed by atoms with Crippen LogP contribution in [0.1, 0.15) is 5.56 Å². The van der Waals surface area contributed by atoms with E-state index >= 15 is 0 Å². The second-order valence-corrected chi connectivity index (χ2v) is 6.03. The number of fused-ring (bicyclic) bond motifs is 1. The maximum atomic E-state index is 12.0. The first kappa shape index (κ1) is 12.8. The number of benzene rings is 1. The topological polar surface area (TPSA) is 50.4 Å². The van der Waals surface area contributed by atoms with Gasteiger partial charge in [-0.1, -0.05) is 18.2 Å². The van der Waals surface area contributed by atoms with E-state index in [4.69, 9.17) is 4.74 Å². The molecule has 0 radical (unpaired) electrons. The fourth-order valence-corrected chi connectivity index (χ4v) is 3.37. The van der Waals surface area contributed by atoms with Gasteiger partial charge in [0.15, 0.2) is 0 Å². The van der Waals surface area contributed by atoms with E-state index in [9.17, 15) is 4.79 Å².